The number of hydrogen-bond acceptors (Lipinski definition) is 0. The summed E-state index contributed by atoms with van der Waals surface area (Å²) in [4.78, 5) is 0. The fourth-order valence-corrected chi connectivity index (χ4v) is 13.3. The molecule has 0 saturated carbocycles. The molecule has 0 aliphatic heterocycles. The number of unbranched alkanes of at least 4 members (excludes halogenated alkanes) is 3. The summed E-state index contributed by atoms with van der Waals surface area (Å²) in [6.07, 6.45) is 8.87. The smallest absolute Gasteiger partial charge is 0.0181 e. The molecule has 0 N–H and O–H groups in total. The predicted molar refractivity (Wildman–Crippen MR) is 96.3 cm³/mol. The minimum absolute atomic E-state index is 0.967. The van der Waals surface area contributed by atoms with Gasteiger partial charge in [-0.2, -0.15) is 0 Å². The molecular formula is C19H35Sn. The van der Waals surface area contributed by atoms with Crippen molar-refractivity contribution in [3.63, 3.8) is 0 Å². The van der Waals surface area contributed by atoms with Crippen LogP contribution in [-0.2, 0) is 0 Å². The first-order valence-electron chi connectivity index (χ1n) is 8.67. The van der Waals surface area contributed by atoms with E-state index in [-0.39, 0.29) is 0 Å². The number of rotatable bonds is 9. The molecule has 0 aliphatic rings. The minimum atomic E-state index is -0.967. The fourth-order valence-electron chi connectivity index (χ4n) is 2.39. The second-order valence-corrected chi connectivity index (χ2v) is 15.8. The van der Waals surface area contributed by atoms with Gasteiger partial charge in [-0.25, -0.2) is 0 Å². The molecule has 0 atom stereocenters. The molecule has 0 bridgehead atoms. The molecule has 0 saturated heterocycles. The van der Waals surface area contributed by atoms with Crippen LogP contribution in [0.4, 0.5) is 0 Å². The zero-order chi connectivity index (χ0) is 15.1. The predicted octanol–water partition coefficient (Wildman–Crippen LogP) is 6.41. The topological polar surface area (TPSA) is 0 Å². The van der Waals surface area contributed by atoms with Gasteiger partial charge in [0.05, 0.1) is 0 Å². The van der Waals surface area contributed by atoms with E-state index in [2.05, 4.69) is 39.8 Å². The third-order valence-electron chi connectivity index (χ3n) is 3.76. The Morgan fingerprint density at radius 2 is 1.40 bits per heavy atom. The minimum Gasteiger partial charge on any atom is -0.0614 e. The van der Waals surface area contributed by atoms with Crippen molar-refractivity contribution in [2.75, 3.05) is 0 Å². The molecule has 0 spiro atoms. The van der Waals surface area contributed by atoms with E-state index in [9.17, 15) is 0 Å². The molecule has 1 aromatic carbocycles. The first-order valence-corrected chi connectivity index (χ1v) is 15.7. The zero-order valence-electron chi connectivity index (χ0n) is 14.3. The molecular weight excluding hydrogens is 347 g/mol. The summed E-state index contributed by atoms with van der Waals surface area (Å²) < 4.78 is 5.08. The van der Waals surface area contributed by atoms with Gasteiger partial charge in [0.15, 0.2) is 0 Å². The summed E-state index contributed by atoms with van der Waals surface area (Å²) in [5, 5.41) is 0. The van der Waals surface area contributed by atoms with Crippen LogP contribution in [-0.4, -0.2) is 19.8 Å². The van der Waals surface area contributed by atoms with Gasteiger partial charge >= 0.3 is 92.4 Å². The molecule has 1 radical (unpaired) electrons. The van der Waals surface area contributed by atoms with Crippen molar-refractivity contribution < 1.29 is 0 Å². The zero-order valence-corrected chi connectivity index (χ0v) is 17.5. The van der Waals surface area contributed by atoms with Crippen LogP contribution in [0.25, 0.3) is 0 Å². The monoisotopic (exact) mass is 383 g/mol. The summed E-state index contributed by atoms with van der Waals surface area (Å²) in [5.41, 5.74) is 1.27. The molecule has 20 heavy (non-hydrogen) atoms. The average Bonchev–Trinajstić information content (AvgIpc) is 2.48. The van der Waals surface area contributed by atoms with Crippen LogP contribution < -0.4 is 0 Å². The van der Waals surface area contributed by atoms with E-state index in [0.717, 1.165) is 0 Å². The van der Waals surface area contributed by atoms with Crippen LogP contribution in [0.5, 0.6) is 0 Å². The second-order valence-electron chi connectivity index (χ2n) is 5.87. The van der Waals surface area contributed by atoms with Crippen molar-refractivity contribution in [1.82, 2.24) is 0 Å². The fraction of sp³-hybridized carbons (Fsp3) is 0.684. The average molecular weight is 382 g/mol. The van der Waals surface area contributed by atoms with E-state index in [4.69, 9.17) is 0 Å². The van der Waals surface area contributed by atoms with E-state index in [1.54, 1.807) is 13.3 Å². The van der Waals surface area contributed by atoms with E-state index < -0.39 is 19.8 Å². The van der Waals surface area contributed by atoms with Crippen molar-refractivity contribution in [1.29, 1.82) is 0 Å². The largest absolute Gasteiger partial charge is 0.0614 e. The Balaban J connectivity index is 0.000000428. The van der Waals surface area contributed by atoms with Gasteiger partial charge in [0.1, 0.15) is 0 Å². The molecule has 1 heteroatoms. The number of benzene rings is 1. The van der Waals surface area contributed by atoms with Crippen molar-refractivity contribution in [3.8, 4) is 0 Å². The van der Waals surface area contributed by atoms with Crippen LogP contribution in [0.3, 0.4) is 0 Å². The van der Waals surface area contributed by atoms with E-state index in [1.165, 1.54) is 44.1 Å². The first-order chi connectivity index (χ1) is 9.74. The Labute approximate surface area is 135 Å². The quantitative estimate of drug-likeness (QED) is 0.433. The molecule has 0 heterocycles. The van der Waals surface area contributed by atoms with E-state index in [1.807, 2.05) is 18.2 Å². The Bertz CT molecular complexity index is 262. The number of aryl methyl sites for hydroxylation is 1. The van der Waals surface area contributed by atoms with Crippen molar-refractivity contribution in [2.24, 2.45) is 0 Å². The third-order valence-corrected chi connectivity index (χ3v) is 14.2. The van der Waals surface area contributed by atoms with Crippen LogP contribution in [0, 0.1) is 13.0 Å². The van der Waals surface area contributed by atoms with Crippen LogP contribution in [0.1, 0.15) is 64.9 Å². The summed E-state index contributed by atoms with van der Waals surface area (Å²) in [6, 6.07) is 10.8. The van der Waals surface area contributed by atoms with Gasteiger partial charge in [0.25, 0.3) is 0 Å². The molecule has 115 valence electrons. The van der Waals surface area contributed by atoms with Gasteiger partial charge < -0.3 is 0 Å². The van der Waals surface area contributed by atoms with Crippen LogP contribution in [0.2, 0.25) is 13.3 Å². The van der Waals surface area contributed by atoms with Crippen molar-refractivity contribution >= 4 is 19.8 Å². The van der Waals surface area contributed by atoms with Gasteiger partial charge in [-0.1, -0.05) is 29.8 Å². The van der Waals surface area contributed by atoms with Crippen LogP contribution >= 0.6 is 0 Å². The van der Waals surface area contributed by atoms with Gasteiger partial charge in [0.2, 0.25) is 0 Å². The third kappa shape index (κ3) is 13.0. The SMILES string of the molecule is CCC[CH2][SnH]([CH2]CCC)[CH2]CCC.Cc1c[c]ccc1. The van der Waals surface area contributed by atoms with Gasteiger partial charge in [0, 0.05) is 0 Å². The molecule has 1 rings (SSSR count). The molecule has 0 nitrogen and oxygen atoms in total. The summed E-state index contributed by atoms with van der Waals surface area (Å²) in [5.74, 6) is 0. The first kappa shape index (κ1) is 20.0. The van der Waals surface area contributed by atoms with Crippen molar-refractivity contribution in [3.05, 3.63) is 35.9 Å². The van der Waals surface area contributed by atoms with E-state index >= 15 is 0 Å². The second kappa shape index (κ2) is 15.4. The summed E-state index contributed by atoms with van der Waals surface area (Å²) >= 11 is -0.967. The maximum absolute atomic E-state index is 2.96. The Hall–Kier alpha value is 0.0187. The summed E-state index contributed by atoms with van der Waals surface area (Å²) in [6.45, 7) is 9.06. The molecule has 0 aromatic heterocycles. The van der Waals surface area contributed by atoms with Gasteiger partial charge in [-0.3, -0.25) is 0 Å². The maximum atomic E-state index is 2.96. The standard InChI is InChI=1S/C7H7.3C4H9.Sn.H/c1-7-5-3-2-4-6-7;3*1-3-4-2;;/h2-3,5-6H,1H3;3*1,3-4H2,2H3;;. The molecule has 0 amide bonds. The Morgan fingerprint density at radius 1 is 0.900 bits per heavy atom. The molecule has 0 fully saturated rings. The maximum Gasteiger partial charge on any atom is -0.0181 e. The van der Waals surface area contributed by atoms with Gasteiger partial charge in [-0.05, 0) is 13.0 Å². The molecule has 1 aromatic rings. The molecule has 0 unspecified atom stereocenters. The van der Waals surface area contributed by atoms with Gasteiger partial charge in [-0.15, -0.1) is 0 Å². The number of hydrogen-bond donors (Lipinski definition) is 0. The Morgan fingerprint density at radius 3 is 1.65 bits per heavy atom. The summed E-state index contributed by atoms with van der Waals surface area (Å²) in [7, 11) is 0. The van der Waals surface area contributed by atoms with E-state index in [0.29, 0.717) is 0 Å². The van der Waals surface area contributed by atoms with Crippen molar-refractivity contribution in [2.45, 2.75) is 79.5 Å². The normalized spacial score (nSPS) is 10.2. The molecule has 0 aliphatic carbocycles. The van der Waals surface area contributed by atoms with Crippen LogP contribution in [0.15, 0.2) is 24.3 Å². The Kier molecular flexibility index (Phi) is 15.4.